The third-order valence-electron chi connectivity index (χ3n) is 6.79. The molecule has 0 aliphatic heterocycles. The van der Waals surface area contributed by atoms with Crippen LogP contribution in [-0.4, -0.2) is 31.2 Å². The minimum Gasteiger partial charge on any atom is -0.466 e. The molecule has 0 radical (unpaired) electrons. The molecule has 0 spiro atoms. The second kappa shape index (κ2) is 24.5. The summed E-state index contributed by atoms with van der Waals surface area (Å²) in [4.78, 5) is 24.9. The lowest BCUT2D eigenvalue weighted by Crippen LogP contribution is -2.34. The van der Waals surface area contributed by atoms with Crippen molar-refractivity contribution in [3.05, 3.63) is 35.9 Å². The van der Waals surface area contributed by atoms with Gasteiger partial charge in [0.25, 0.3) is 0 Å². The molecule has 0 aliphatic rings. The molecule has 0 saturated heterocycles. The Morgan fingerprint density at radius 3 is 1.46 bits per heavy atom. The van der Waals surface area contributed by atoms with E-state index in [0.29, 0.717) is 19.8 Å². The fourth-order valence-corrected chi connectivity index (χ4v) is 4.44. The Balaban J connectivity index is 2.28. The first kappa shape index (κ1) is 33.1. The van der Waals surface area contributed by atoms with Gasteiger partial charge in [-0.2, -0.15) is 0 Å². The van der Waals surface area contributed by atoms with Gasteiger partial charge in [0.2, 0.25) is 0 Å². The van der Waals surface area contributed by atoms with Gasteiger partial charge in [-0.1, -0.05) is 134 Å². The largest absolute Gasteiger partial charge is 0.466 e. The Labute approximate surface area is 227 Å². The quantitative estimate of drug-likeness (QED) is 0.104. The minimum absolute atomic E-state index is 0.177. The SMILES string of the molecule is CCCCCCCCCCOC(=O)CC(CC(=O)OCCCCCCCCCC)NCc1ccccc1. The standard InChI is InChI=1S/C32H55NO4/c1-3-5-7-9-11-13-15-20-24-36-31(34)26-30(33-28-29-22-18-17-19-23-29)27-32(35)37-25-21-16-14-12-10-8-6-4-2/h17-19,22-23,30,33H,3-16,20-21,24-28H2,1-2H3. The zero-order valence-electron chi connectivity index (χ0n) is 23.9. The van der Waals surface area contributed by atoms with Gasteiger partial charge in [0.05, 0.1) is 26.1 Å². The highest BCUT2D eigenvalue weighted by Crippen LogP contribution is 2.11. The molecule has 1 aromatic rings. The molecule has 0 bridgehead atoms. The van der Waals surface area contributed by atoms with Crippen molar-refractivity contribution in [2.45, 2.75) is 142 Å². The van der Waals surface area contributed by atoms with Crippen molar-refractivity contribution >= 4 is 11.9 Å². The molecule has 0 amide bonds. The van der Waals surface area contributed by atoms with Crippen LogP contribution in [0.1, 0.15) is 135 Å². The van der Waals surface area contributed by atoms with Gasteiger partial charge in [0, 0.05) is 12.6 Å². The Hall–Kier alpha value is -1.88. The van der Waals surface area contributed by atoms with Crippen molar-refractivity contribution in [1.29, 1.82) is 0 Å². The Morgan fingerprint density at radius 2 is 1.03 bits per heavy atom. The van der Waals surface area contributed by atoms with Gasteiger partial charge in [0.1, 0.15) is 0 Å². The maximum atomic E-state index is 12.5. The summed E-state index contributed by atoms with van der Waals surface area (Å²) in [5, 5.41) is 3.37. The lowest BCUT2D eigenvalue weighted by molar-refractivity contribution is -0.146. The third-order valence-corrected chi connectivity index (χ3v) is 6.79. The van der Waals surface area contributed by atoms with Crippen molar-refractivity contribution in [2.24, 2.45) is 0 Å². The molecule has 212 valence electrons. The summed E-state index contributed by atoms with van der Waals surface area (Å²) in [6.45, 7) is 5.99. The number of benzene rings is 1. The predicted molar refractivity (Wildman–Crippen MR) is 153 cm³/mol. The van der Waals surface area contributed by atoms with E-state index in [9.17, 15) is 9.59 Å². The van der Waals surface area contributed by atoms with Crippen LogP contribution in [-0.2, 0) is 25.6 Å². The lowest BCUT2D eigenvalue weighted by Gasteiger charge is -2.18. The van der Waals surface area contributed by atoms with Crippen LogP contribution in [0.2, 0.25) is 0 Å². The second-order valence-corrected chi connectivity index (χ2v) is 10.4. The van der Waals surface area contributed by atoms with Crippen molar-refractivity contribution in [3.8, 4) is 0 Å². The molecule has 5 nitrogen and oxygen atoms in total. The Bertz CT molecular complexity index is 628. The van der Waals surface area contributed by atoms with Gasteiger partial charge < -0.3 is 14.8 Å². The van der Waals surface area contributed by atoms with E-state index in [1.54, 1.807) is 0 Å². The topological polar surface area (TPSA) is 64.6 Å². The number of hydrogen-bond acceptors (Lipinski definition) is 5. The summed E-state index contributed by atoms with van der Waals surface area (Å²) in [6, 6.07) is 9.73. The van der Waals surface area contributed by atoms with Crippen LogP contribution in [0.3, 0.4) is 0 Å². The molecule has 0 heterocycles. The molecule has 0 fully saturated rings. The van der Waals surface area contributed by atoms with Gasteiger partial charge in [0.15, 0.2) is 0 Å². The Kier molecular flexibility index (Phi) is 21.9. The van der Waals surface area contributed by atoms with Gasteiger partial charge >= 0.3 is 11.9 Å². The molecule has 0 aromatic heterocycles. The van der Waals surface area contributed by atoms with Crippen molar-refractivity contribution in [2.75, 3.05) is 13.2 Å². The van der Waals surface area contributed by atoms with Crippen molar-refractivity contribution in [1.82, 2.24) is 5.32 Å². The van der Waals surface area contributed by atoms with Crippen LogP contribution in [0.4, 0.5) is 0 Å². The molecular formula is C32H55NO4. The molecule has 0 aliphatic carbocycles. The van der Waals surface area contributed by atoms with Gasteiger partial charge in [-0.25, -0.2) is 0 Å². The molecule has 1 rings (SSSR count). The fraction of sp³-hybridized carbons (Fsp3) is 0.750. The van der Waals surface area contributed by atoms with Crippen molar-refractivity contribution in [3.63, 3.8) is 0 Å². The van der Waals surface area contributed by atoms with E-state index >= 15 is 0 Å². The van der Waals surface area contributed by atoms with E-state index in [0.717, 1.165) is 31.2 Å². The van der Waals surface area contributed by atoms with Gasteiger partial charge in [-0.3, -0.25) is 9.59 Å². The van der Waals surface area contributed by atoms with E-state index in [1.807, 2.05) is 30.3 Å². The second-order valence-electron chi connectivity index (χ2n) is 10.4. The lowest BCUT2D eigenvalue weighted by atomic mass is 10.1. The summed E-state index contributed by atoms with van der Waals surface area (Å²) in [5.41, 5.74) is 1.12. The maximum absolute atomic E-state index is 12.5. The summed E-state index contributed by atoms with van der Waals surface area (Å²) >= 11 is 0. The number of carbonyl (C=O) groups excluding carboxylic acids is 2. The number of esters is 2. The monoisotopic (exact) mass is 517 g/mol. The maximum Gasteiger partial charge on any atom is 0.307 e. The minimum atomic E-state index is -0.294. The number of hydrogen-bond donors (Lipinski definition) is 1. The average molecular weight is 518 g/mol. The van der Waals surface area contributed by atoms with Crippen LogP contribution in [0.15, 0.2) is 30.3 Å². The van der Waals surface area contributed by atoms with Gasteiger partial charge in [-0.15, -0.1) is 0 Å². The highest BCUT2D eigenvalue weighted by atomic mass is 16.5. The first-order valence-corrected chi connectivity index (χ1v) is 15.2. The van der Waals surface area contributed by atoms with E-state index < -0.39 is 0 Å². The van der Waals surface area contributed by atoms with E-state index in [-0.39, 0.29) is 30.8 Å². The smallest absolute Gasteiger partial charge is 0.307 e. The molecule has 5 heteroatoms. The number of nitrogens with one attached hydrogen (secondary N) is 1. The molecule has 0 saturated carbocycles. The fourth-order valence-electron chi connectivity index (χ4n) is 4.44. The van der Waals surface area contributed by atoms with Gasteiger partial charge in [-0.05, 0) is 18.4 Å². The summed E-state index contributed by atoms with van der Waals surface area (Å²) in [6.07, 6.45) is 19.7. The molecule has 0 atom stereocenters. The molecule has 1 aromatic carbocycles. The molecule has 0 unspecified atom stereocenters. The highest BCUT2D eigenvalue weighted by molar-refractivity contribution is 5.74. The van der Waals surface area contributed by atoms with Crippen molar-refractivity contribution < 1.29 is 19.1 Å². The van der Waals surface area contributed by atoms with Crippen LogP contribution in [0.25, 0.3) is 0 Å². The summed E-state index contributed by atoms with van der Waals surface area (Å²) in [7, 11) is 0. The summed E-state index contributed by atoms with van der Waals surface area (Å²) < 4.78 is 11.0. The van der Waals surface area contributed by atoms with E-state index in [1.165, 1.54) is 77.0 Å². The summed E-state index contributed by atoms with van der Waals surface area (Å²) in [5.74, 6) is -0.492. The normalized spacial score (nSPS) is 11.1. The number of rotatable bonds is 25. The van der Waals surface area contributed by atoms with Crippen LogP contribution < -0.4 is 5.32 Å². The first-order chi connectivity index (χ1) is 18.2. The zero-order valence-corrected chi connectivity index (χ0v) is 23.9. The number of ether oxygens (including phenoxy) is 2. The average Bonchev–Trinajstić information content (AvgIpc) is 2.90. The van der Waals surface area contributed by atoms with E-state index in [4.69, 9.17) is 9.47 Å². The number of carbonyl (C=O) groups is 2. The first-order valence-electron chi connectivity index (χ1n) is 15.2. The molecule has 37 heavy (non-hydrogen) atoms. The zero-order chi connectivity index (χ0) is 26.8. The third kappa shape index (κ3) is 20.8. The number of unbranched alkanes of at least 4 members (excludes halogenated alkanes) is 14. The highest BCUT2D eigenvalue weighted by Gasteiger charge is 2.19. The van der Waals surface area contributed by atoms with Crippen LogP contribution in [0.5, 0.6) is 0 Å². The van der Waals surface area contributed by atoms with Crippen LogP contribution >= 0.6 is 0 Å². The predicted octanol–water partition coefficient (Wildman–Crippen LogP) is 8.29. The van der Waals surface area contributed by atoms with E-state index in [2.05, 4.69) is 19.2 Å². The molecule has 1 N–H and O–H groups in total. The Morgan fingerprint density at radius 1 is 0.622 bits per heavy atom. The molecular weight excluding hydrogens is 462 g/mol. The van der Waals surface area contributed by atoms with Crippen LogP contribution in [0, 0.1) is 0 Å².